The number of hydrogen-bond donors (Lipinski definition) is 0. The summed E-state index contributed by atoms with van der Waals surface area (Å²) in [5.74, 6) is 0. The number of rotatable bonds is 3. The maximum absolute atomic E-state index is 15.9. The molecule has 0 bridgehead atoms. The Morgan fingerprint density at radius 3 is 1.55 bits per heavy atom. The lowest BCUT2D eigenvalue weighted by atomic mass is 9.20. The third-order valence-electron chi connectivity index (χ3n) is 9.72. The summed E-state index contributed by atoms with van der Waals surface area (Å²) in [5, 5.41) is -1.67. The highest BCUT2D eigenvalue weighted by atomic mass is 19.1. The van der Waals surface area contributed by atoms with Gasteiger partial charge < -0.3 is 4.90 Å². The molecule has 1 saturated heterocycles. The molecule has 0 N–H and O–H groups in total. The number of benzene rings is 2. The normalized spacial score (nSPS) is 20.7. The molecular weight excluding hydrogens is 393 g/mol. The van der Waals surface area contributed by atoms with Gasteiger partial charge in [-0.05, 0) is 43.8 Å². The summed E-state index contributed by atoms with van der Waals surface area (Å²) in [6, 6.07) is 17.3. The Balaban J connectivity index is 1.96. The van der Waals surface area contributed by atoms with Crippen molar-refractivity contribution in [3.05, 3.63) is 76.3 Å². The molecule has 4 rings (SSSR count). The van der Waals surface area contributed by atoms with Gasteiger partial charge in [0.1, 0.15) is 70.6 Å². The Morgan fingerprint density at radius 2 is 1.12 bits per heavy atom. The van der Waals surface area contributed by atoms with Crippen LogP contribution < -0.4 is 0 Å². The molecule has 12 heteroatoms. The van der Waals surface area contributed by atoms with Crippen LogP contribution in [0.5, 0.6) is 0 Å². The molecule has 33 heavy (non-hydrogen) atoms. The van der Waals surface area contributed by atoms with Crippen LogP contribution in [0, 0.1) is 0 Å². The van der Waals surface area contributed by atoms with Crippen molar-refractivity contribution >= 4 is 96.2 Å². The lowest BCUT2D eigenvalue weighted by Gasteiger charge is -2.78. The van der Waals surface area contributed by atoms with Gasteiger partial charge in [0.05, 0.1) is 5.57 Å². The highest BCUT2D eigenvalue weighted by Gasteiger charge is 2.71. The Morgan fingerprint density at radius 1 is 0.727 bits per heavy atom. The molecule has 1 heterocycles. The van der Waals surface area contributed by atoms with E-state index < -0.39 is 16.2 Å². The minimum absolute atomic E-state index is 0.238. The number of likely N-dealkylation sites (tertiary alicyclic amines) is 1. The number of nitrogens with zero attached hydrogens (tertiary/aromatic N) is 1. The topological polar surface area (TPSA) is 3.24 Å². The van der Waals surface area contributed by atoms with Gasteiger partial charge in [0, 0.05) is 0 Å². The molecule has 0 amide bonds. The fraction of sp³-hybridized carbons (Fsp3) is 0.238. The molecular formula is C21H30B10FN. The zero-order valence-electron chi connectivity index (χ0n) is 22.1. The van der Waals surface area contributed by atoms with Crippen LogP contribution in [0.25, 0.3) is 17.7 Å². The molecule has 0 radical (unpaired) electrons. The minimum Gasteiger partial charge on any atom is -0.329 e. The third-order valence-corrected chi connectivity index (χ3v) is 9.72. The second-order valence-electron chi connectivity index (χ2n) is 12.1. The fourth-order valence-electron chi connectivity index (χ4n) is 6.73. The van der Waals surface area contributed by atoms with E-state index in [4.69, 9.17) is 0 Å². The lowest BCUT2D eigenvalue weighted by molar-refractivity contribution is -0.0944. The summed E-state index contributed by atoms with van der Waals surface area (Å²) >= 11 is 0. The molecule has 1 nitrogen and oxygen atoms in total. The van der Waals surface area contributed by atoms with Crippen molar-refractivity contribution in [1.29, 1.82) is 0 Å². The average Bonchev–Trinajstić information content (AvgIpc) is 2.89. The van der Waals surface area contributed by atoms with Crippen molar-refractivity contribution in [2.24, 2.45) is 0 Å². The Kier molecular flexibility index (Phi) is 5.57. The molecule has 0 atom stereocenters. The maximum Gasteiger partial charge on any atom is 0.151 e. The second-order valence-corrected chi connectivity index (χ2v) is 12.1. The summed E-state index contributed by atoms with van der Waals surface area (Å²) in [5.41, 5.74) is 6.34. The second kappa shape index (κ2) is 7.48. The Labute approximate surface area is 208 Å². The fourth-order valence-corrected chi connectivity index (χ4v) is 6.73. The Hall–Kier alpha value is -1.54. The largest absolute Gasteiger partial charge is 0.329 e. The van der Waals surface area contributed by atoms with Crippen LogP contribution in [0.2, 0.25) is 5.21 Å². The molecule has 1 fully saturated rings. The first-order valence-corrected chi connectivity index (χ1v) is 12.2. The van der Waals surface area contributed by atoms with Crippen LogP contribution in [0.3, 0.4) is 0 Å². The predicted molar refractivity (Wildman–Crippen MR) is 170 cm³/mol. The molecule has 156 valence electrons. The van der Waals surface area contributed by atoms with E-state index in [1.54, 1.807) is 7.85 Å². The van der Waals surface area contributed by atoms with Gasteiger partial charge in [0.25, 0.3) is 0 Å². The highest BCUT2D eigenvalue weighted by molar-refractivity contribution is 6.62. The first kappa shape index (κ1) is 24.6. The van der Waals surface area contributed by atoms with E-state index in [0.717, 1.165) is 0 Å². The average molecular weight is 424 g/mol. The molecule has 1 aliphatic carbocycles. The molecule has 2 aromatic rings. The van der Waals surface area contributed by atoms with Crippen molar-refractivity contribution in [1.82, 2.24) is 4.90 Å². The van der Waals surface area contributed by atoms with Gasteiger partial charge >= 0.3 is 0 Å². The summed E-state index contributed by atoms with van der Waals surface area (Å²) < 4.78 is 15.9. The summed E-state index contributed by atoms with van der Waals surface area (Å²) in [6.07, 6.45) is 4.45. The van der Waals surface area contributed by atoms with E-state index in [0.29, 0.717) is 0 Å². The van der Waals surface area contributed by atoms with Gasteiger partial charge in [-0.25, -0.2) is 0 Å². The third kappa shape index (κ3) is 3.15. The smallest absolute Gasteiger partial charge is 0.151 e. The van der Waals surface area contributed by atoms with Gasteiger partial charge in [-0.15, -0.1) is 5.47 Å². The number of fused-ring (bicyclic) bond motifs is 2. The van der Waals surface area contributed by atoms with Crippen molar-refractivity contribution in [3.63, 3.8) is 0 Å². The predicted octanol–water partition coefficient (Wildman–Crippen LogP) is -5.68. The van der Waals surface area contributed by atoms with E-state index in [9.17, 15) is 0 Å². The first-order valence-electron chi connectivity index (χ1n) is 12.2. The van der Waals surface area contributed by atoms with Gasteiger partial charge in [-0.3, -0.25) is 4.39 Å². The monoisotopic (exact) mass is 425 g/mol. The molecule has 2 aromatic carbocycles. The van der Waals surface area contributed by atoms with Gasteiger partial charge in [-0.1, -0.05) is 65.9 Å². The van der Waals surface area contributed by atoms with E-state index in [1.807, 2.05) is 0 Å². The van der Waals surface area contributed by atoms with Crippen molar-refractivity contribution < 1.29 is 4.39 Å². The quantitative estimate of drug-likeness (QED) is 0.380. The number of hydrogen-bond acceptors (Lipinski definition) is 1. The minimum atomic E-state index is -1.28. The van der Waals surface area contributed by atoms with Crippen LogP contribution >= 0.6 is 0 Å². The molecule has 1 aliphatic heterocycles. The number of alkyl halides is 1. The zero-order chi connectivity index (χ0) is 24.6. The van der Waals surface area contributed by atoms with Crippen LogP contribution in [0.1, 0.15) is 22.3 Å². The van der Waals surface area contributed by atoms with E-state index in [-0.39, 0.29) is 10.6 Å². The molecule has 0 saturated carbocycles. The SMILES string of the molecule is BC(=C1c2ccccc2C=Cc2ccccc21)C(B)(B)C(B)(B)N1C(B)(B)C(B)(F)C1(B)B. The highest BCUT2D eigenvalue weighted by Crippen LogP contribution is 2.56. The van der Waals surface area contributed by atoms with Crippen molar-refractivity contribution in [2.75, 3.05) is 0 Å². The molecule has 0 aromatic heterocycles. The first-order chi connectivity index (χ1) is 15.1. The van der Waals surface area contributed by atoms with Crippen molar-refractivity contribution in [3.8, 4) is 0 Å². The van der Waals surface area contributed by atoms with E-state index >= 15 is 4.39 Å². The van der Waals surface area contributed by atoms with E-state index in [1.165, 1.54) is 33.3 Å². The standard InChI is InChI=1S/C21H30B10FN/c22-16(17(23,24)19(26,27)33-20(28,29)18(25,32)21(33,30)31)15-13-7-3-1-5-11(13)9-10-12-6-2-4-8-14(12)15/h1-10H,22-31H2. The molecule has 2 aliphatic rings. The van der Waals surface area contributed by atoms with Gasteiger partial charge in [0.2, 0.25) is 0 Å². The van der Waals surface area contributed by atoms with Crippen LogP contribution in [-0.4, -0.2) is 105 Å². The van der Waals surface area contributed by atoms with Crippen LogP contribution in [0.15, 0.2) is 54.0 Å². The maximum atomic E-state index is 15.9. The van der Waals surface area contributed by atoms with E-state index in [2.05, 4.69) is 136 Å². The Bertz CT molecular complexity index is 1120. The molecule has 0 unspecified atom stereocenters. The van der Waals surface area contributed by atoms with Gasteiger partial charge in [-0.2, -0.15) is 0 Å². The molecule has 0 spiro atoms. The summed E-state index contributed by atoms with van der Waals surface area (Å²) in [6.45, 7) is 0. The van der Waals surface area contributed by atoms with Gasteiger partial charge in [0.15, 0.2) is 7.85 Å². The van der Waals surface area contributed by atoms with Crippen LogP contribution in [0.4, 0.5) is 4.39 Å². The summed E-state index contributed by atoms with van der Waals surface area (Å²) in [4.78, 5) is 2.42. The van der Waals surface area contributed by atoms with Crippen LogP contribution in [-0.2, 0) is 0 Å². The summed E-state index contributed by atoms with van der Waals surface area (Å²) in [7, 11) is 21.5. The lowest BCUT2D eigenvalue weighted by Crippen LogP contribution is -2.96. The number of halogens is 1. The zero-order valence-corrected chi connectivity index (χ0v) is 22.1. The van der Waals surface area contributed by atoms with Crippen molar-refractivity contribution in [2.45, 2.75) is 26.8 Å².